The molecule has 0 atom stereocenters. The van der Waals surface area contributed by atoms with Crippen molar-refractivity contribution < 1.29 is 9.13 Å². The van der Waals surface area contributed by atoms with E-state index in [1.54, 1.807) is 17.8 Å². The Morgan fingerprint density at radius 3 is 2.50 bits per heavy atom. The number of anilines is 1. The van der Waals surface area contributed by atoms with Crippen LogP contribution < -0.4 is 10.5 Å². The second kappa shape index (κ2) is 8.37. The van der Waals surface area contributed by atoms with Gasteiger partial charge in [0.2, 0.25) is 0 Å². The Labute approximate surface area is 125 Å². The van der Waals surface area contributed by atoms with Crippen molar-refractivity contribution in [1.29, 1.82) is 0 Å². The normalized spacial score (nSPS) is 11.3. The Morgan fingerprint density at radius 2 is 1.95 bits per heavy atom. The first kappa shape index (κ1) is 17.1. The minimum absolute atomic E-state index is 0.0540. The van der Waals surface area contributed by atoms with Crippen LogP contribution in [0, 0.1) is 5.82 Å². The van der Waals surface area contributed by atoms with Gasteiger partial charge in [-0.1, -0.05) is 13.8 Å². The van der Waals surface area contributed by atoms with Gasteiger partial charge in [0, 0.05) is 28.9 Å². The summed E-state index contributed by atoms with van der Waals surface area (Å²) in [4.78, 5) is 3.23. The number of rotatable bonds is 8. The first-order chi connectivity index (χ1) is 9.47. The van der Waals surface area contributed by atoms with Gasteiger partial charge in [-0.25, -0.2) is 4.39 Å². The number of halogens is 1. The molecule has 0 heterocycles. The van der Waals surface area contributed by atoms with Crippen LogP contribution in [-0.2, 0) is 0 Å². The Bertz CT molecular complexity index is 423. The van der Waals surface area contributed by atoms with Crippen LogP contribution in [0.2, 0.25) is 0 Å². The third kappa shape index (κ3) is 5.21. The van der Waals surface area contributed by atoms with Gasteiger partial charge in [0.25, 0.3) is 0 Å². The molecule has 20 heavy (non-hydrogen) atoms. The van der Waals surface area contributed by atoms with E-state index >= 15 is 0 Å². The van der Waals surface area contributed by atoms with Crippen molar-refractivity contribution in [3.05, 3.63) is 17.9 Å². The van der Waals surface area contributed by atoms with Gasteiger partial charge in [-0.15, -0.1) is 11.8 Å². The highest BCUT2D eigenvalue weighted by Crippen LogP contribution is 2.32. The summed E-state index contributed by atoms with van der Waals surface area (Å²) in [6.45, 7) is 11.1. The first-order valence-corrected chi connectivity index (χ1v) is 8.07. The van der Waals surface area contributed by atoms with E-state index in [0.717, 1.165) is 30.3 Å². The molecule has 0 radical (unpaired) electrons. The average molecular weight is 300 g/mol. The van der Waals surface area contributed by atoms with Crippen LogP contribution in [0.4, 0.5) is 10.1 Å². The van der Waals surface area contributed by atoms with E-state index < -0.39 is 5.82 Å². The van der Waals surface area contributed by atoms with E-state index in [0.29, 0.717) is 5.69 Å². The van der Waals surface area contributed by atoms with E-state index in [4.69, 9.17) is 10.5 Å². The van der Waals surface area contributed by atoms with E-state index in [2.05, 4.69) is 18.7 Å². The SMILES string of the molecule is CCN(CC)CCSc1cc(OC(C)C)c(F)cc1N. The predicted molar refractivity (Wildman–Crippen MR) is 85.1 cm³/mol. The number of hydrogen-bond donors (Lipinski definition) is 1. The van der Waals surface area contributed by atoms with Crippen molar-refractivity contribution >= 4 is 17.4 Å². The molecule has 2 N–H and O–H groups in total. The van der Waals surface area contributed by atoms with Gasteiger partial charge < -0.3 is 15.4 Å². The fraction of sp³-hybridized carbons (Fsp3) is 0.600. The van der Waals surface area contributed by atoms with Gasteiger partial charge in [0.05, 0.1) is 6.10 Å². The molecule has 0 saturated carbocycles. The molecule has 0 aliphatic heterocycles. The van der Waals surface area contributed by atoms with Crippen molar-refractivity contribution in [2.45, 2.75) is 38.7 Å². The zero-order chi connectivity index (χ0) is 15.1. The van der Waals surface area contributed by atoms with Crippen molar-refractivity contribution in [2.24, 2.45) is 0 Å². The highest BCUT2D eigenvalue weighted by atomic mass is 32.2. The van der Waals surface area contributed by atoms with Crippen molar-refractivity contribution in [2.75, 3.05) is 31.1 Å². The quantitative estimate of drug-likeness (QED) is 0.588. The van der Waals surface area contributed by atoms with Gasteiger partial charge in [-0.2, -0.15) is 0 Å². The van der Waals surface area contributed by atoms with E-state index in [1.807, 2.05) is 13.8 Å². The molecule has 0 bridgehead atoms. The smallest absolute Gasteiger partial charge is 0.167 e. The van der Waals surface area contributed by atoms with Crippen LogP contribution in [0.15, 0.2) is 17.0 Å². The zero-order valence-electron chi connectivity index (χ0n) is 12.8. The summed E-state index contributed by atoms with van der Waals surface area (Å²) >= 11 is 1.64. The Balaban J connectivity index is 2.69. The summed E-state index contributed by atoms with van der Waals surface area (Å²) in [6.07, 6.45) is -0.0540. The summed E-state index contributed by atoms with van der Waals surface area (Å²) < 4.78 is 19.2. The van der Waals surface area contributed by atoms with E-state index in [1.165, 1.54) is 6.07 Å². The Hall–Kier alpha value is -0.940. The molecule has 0 aliphatic carbocycles. The van der Waals surface area contributed by atoms with E-state index in [-0.39, 0.29) is 11.9 Å². The summed E-state index contributed by atoms with van der Waals surface area (Å²) in [5.74, 6) is 0.808. The van der Waals surface area contributed by atoms with Crippen LogP contribution in [0.25, 0.3) is 0 Å². The molecule has 1 aromatic rings. The number of hydrogen-bond acceptors (Lipinski definition) is 4. The van der Waals surface area contributed by atoms with Gasteiger partial charge in [0.1, 0.15) is 0 Å². The lowest BCUT2D eigenvalue weighted by Gasteiger charge is -2.18. The molecule has 1 rings (SSSR count). The van der Waals surface area contributed by atoms with Crippen LogP contribution in [0.1, 0.15) is 27.7 Å². The molecule has 0 aliphatic rings. The second-order valence-electron chi connectivity index (χ2n) is 4.86. The summed E-state index contributed by atoms with van der Waals surface area (Å²) in [6, 6.07) is 3.05. The number of nitrogens with two attached hydrogens (primary N) is 1. The van der Waals surface area contributed by atoms with Crippen molar-refractivity contribution in [3.63, 3.8) is 0 Å². The second-order valence-corrected chi connectivity index (χ2v) is 6.00. The fourth-order valence-corrected chi connectivity index (χ4v) is 2.83. The monoisotopic (exact) mass is 300 g/mol. The van der Waals surface area contributed by atoms with Gasteiger partial charge >= 0.3 is 0 Å². The fourth-order valence-electron chi connectivity index (χ4n) is 1.84. The minimum atomic E-state index is -0.399. The summed E-state index contributed by atoms with van der Waals surface area (Å²) in [5.41, 5.74) is 6.35. The lowest BCUT2D eigenvalue weighted by Crippen LogP contribution is -2.25. The Kier molecular flexibility index (Phi) is 7.16. The molecule has 1 aromatic carbocycles. The maximum atomic E-state index is 13.7. The minimum Gasteiger partial charge on any atom is -0.488 e. The number of thioether (sulfide) groups is 1. The van der Waals surface area contributed by atoms with Crippen molar-refractivity contribution in [3.8, 4) is 5.75 Å². The summed E-state index contributed by atoms with van der Waals surface area (Å²) in [7, 11) is 0. The van der Waals surface area contributed by atoms with Crippen LogP contribution in [0.3, 0.4) is 0 Å². The maximum Gasteiger partial charge on any atom is 0.167 e. The van der Waals surface area contributed by atoms with Gasteiger partial charge in [-0.3, -0.25) is 0 Å². The van der Waals surface area contributed by atoms with Crippen LogP contribution in [-0.4, -0.2) is 36.4 Å². The molecule has 0 saturated heterocycles. The topological polar surface area (TPSA) is 38.5 Å². The third-order valence-corrected chi connectivity index (χ3v) is 4.04. The molecule has 0 fully saturated rings. The van der Waals surface area contributed by atoms with Crippen molar-refractivity contribution in [1.82, 2.24) is 4.90 Å². The molecule has 0 spiro atoms. The summed E-state index contributed by atoms with van der Waals surface area (Å²) in [5, 5.41) is 0. The zero-order valence-corrected chi connectivity index (χ0v) is 13.6. The molecule has 0 unspecified atom stereocenters. The molecule has 3 nitrogen and oxygen atoms in total. The van der Waals surface area contributed by atoms with Gasteiger partial charge in [0.15, 0.2) is 11.6 Å². The highest BCUT2D eigenvalue weighted by Gasteiger charge is 2.11. The van der Waals surface area contributed by atoms with Crippen LogP contribution in [0.5, 0.6) is 5.75 Å². The number of benzene rings is 1. The maximum absolute atomic E-state index is 13.7. The number of nitrogen functional groups attached to an aromatic ring is 1. The van der Waals surface area contributed by atoms with E-state index in [9.17, 15) is 4.39 Å². The first-order valence-electron chi connectivity index (χ1n) is 7.08. The molecule has 0 aromatic heterocycles. The predicted octanol–water partition coefficient (Wildman–Crippen LogP) is 3.63. The lowest BCUT2D eigenvalue weighted by atomic mass is 10.3. The average Bonchev–Trinajstić information content (AvgIpc) is 2.39. The molecule has 5 heteroatoms. The van der Waals surface area contributed by atoms with Gasteiger partial charge in [-0.05, 0) is 33.0 Å². The standard InChI is InChI=1S/C15H25FN2OS/c1-5-18(6-2)7-8-20-15-10-14(19-11(3)4)12(16)9-13(15)17/h9-11H,5-8,17H2,1-4H3. The highest BCUT2D eigenvalue weighted by molar-refractivity contribution is 7.99. The number of nitrogens with zero attached hydrogens (tertiary/aromatic N) is 1. The molecular formula is C15H25FN2OS. The molecule has 0 amide bonds. The molecular weight excluding hydrogens is 275 g/mol. The largest absolute Gasteiger partial charge is 0.488 e. The number of ether oxygens (including phenoxy) is 1. The third-order valence-electron chi connectivity index (χ3n) is 2.99. The van der Waals surface area contributed by atoms with Crippen LogP contribution >= 0.6 is 11.8 Å². The molecule has 114 valence electrons. The Morgan fingerprint density at radius 1 is 1.30 bits per heavy atom. The lowest BCUT2D eigenvalue weighted by molar-refractivity contribution is 0.230.